The maximum absolute atomic E-state index is 12.6. The Balaban J connectivity index is 1.38. The molecule has 1 saturated heterocycles. The molecule has 2 aromatic heterocycles. The van der Waals surface area contributed by atoms with Gasteiger partial charge in [0.05, 0.1) is 12.6 Å². The minimum Gasteiger partial charge on any atom is -0.441 e. The van der Waals surface area contributed by atoms with Crippen molar-refractivity contribution in [2.75, 3.05) is 6.54 Å². The van der Waals surface area contributed by atoms with Crippen molar-refractivity contribution in [3.05, 3.63) is 48.6 Å². The van der Waals surface area contributed by atoms with E-state index in [1.165, 1.54) is 0 Å². The van der Waals surface area contributed by atoms with Crippen LogP contribution in [-0.4, -0.2) is 38.2 Å². The maximum atomic E-state index is 12.6. The Morgan fingerprint density at radius 1 is 1.29 bits per heavy atom. The maximum Gasteiger partial charge on any atom is 0.223 e. The summed E-state index contributed by atoms with van der Waals surface area (Å²) in [6, 6.07) is 9.82. The number of hydrogen-bond donors (Lipinski definition) is 0. The van der Waals surface area contributed by atoms with Crippen molar-refractivity contribution in [2.45, 2.75) is 38.3 Å². The van der Waals surface area contributed by atoms with E-state index in [0.29, 0.717) is 18.7 Å². The quantitative estimate of drug-likeness (QED) is 0.724. The molecule has 1 aliphatic rings. The Bertz CT molecular complexity index is 792. The third kappa shape index (κ3) is 3.04. The normalized spacial score (nSPS) is 17.7. The first-order chi connectivity index (χ1) is 11.8. The van der Waals surface area contributed by atoms with Crippen LogP contribution < -0.4 is 0 Å². The molecular formula is C18H20N4O2. The Morgan fingerprint density at radius 2 is 2.21 bits per heavy atom. The standard InChI is InChI=1S/C18H20N4O2/c23-18(9-8-17-20-15-6-1-2-7-16(15)24-17)22-12-3-5-14(22)13-21-11-4-10-19-21/h1-2,4,6-7,10-11,14H,3,5,8-9,12-13H2. The summed E-state index contributed by atoms with van der Waals surface area (Å²) in [4.78, 5) is 19.0. The van der Waals surface area contributed by atoms with Crippen molar-refractivity contribution in [3.8, 4) is 0 Å². The van der Waals surface area contributed by atoms with Crippen molar-refractivity contribution in [1.29, 1.82) is 0 Å². The van der Waals surface area contributed by atoms with Crippen molar-refractivity contribution in [3.63, 3.8) is 0 Å². The van der Waals surface area contributed by atoms with E-state index in [1.54, 1.807) is 6.20 Å². The zero-order chi connectivity index (χ0) is 16.4. The summed E-state index contributed by atoms with van der Waals surface area (Å²) in [6.07, 6.45) is 6.78. The average molecular weight is 324 g/mol. The van der Waals surface area contributed by atoms with Crippen molar-refractivity contribution in [2.24, 2.45) is 0 Å². The van der Waals surface area contributed by atoms with E-state index < -0.39 is 0 Å². The van der Waals surface area contributed by atoms with Crippen molar-refractivity contribution < 1.29 is 9.21 Å². The number of carbonyl (C=O) groups is 1. The van der Waals surface area contributed by atoms with Gasteiger partial charge in [0.1, 0.15) is 5.52 Å². The number of aromatic nitrogens is 3. The van der Waals surface area contributed by atoms with E-state index >= 15 is 0 Å². The molecule has 0 spiro atoms. The number of nitrogens with zero attached hydrogens (tertiary/aromatic N) is 4. The Morgan fingerprint density at radius 3 is 3.04 bits per heavy atom. The molecule has 6 heteroatoms. The molecule has 0 bridgehead atoms. The molecular weight excluding hydrogens is 304 g/mol. The topological polar surface area (TPSA) is 64.2 Å². The third-order valence-electron chi connectivity index (χ3n) is 4.55. The second kappa shape index (κ2) is 6.47. The molecule has 1 aliphatic heterocycles. The predicted octanol–water partition coefficient (Wildman–Crippen LogP) is 2.65. The van der Waals surface area contributed by atoms with Crippen LogP contribution in [0.15, 0.2) is 47.1 Å². The highest BCUT2D eigenvalue weighted by Crippen LogP contribution is 2.21. The number of aryl methyl sites for hydroxylation is 1. The minimum absolute atomic E-state index is 0.173. The highest BCUT2D eigenvalue weighted by molar-refractivity contribution is 5.77. The summed E-state index contributed by atoms with van der Waals surface area (Å²) in [5.74, 6) is 0.805. The van der Waals surface area contributed by atoms with Gasteiger partial charge >= 0.3 is 0 Å². The first kappa shape index (κ1) is 14.9. The molecule has 1 aromatic carbocycles. The zero-order valence-electron chi connectivity index (χ0n) is 13.5. The average Bonchev–Trinajstić information content (AvgIpc) is 3.33. The lowest BCUT2D eigenvalue weighted by atomic mass is 10.2. The molecule has 6 nitrogen and oxygen atoms in total. The summed E-state index contributed by atoms with van der Waals surface area (Å²) >= 11 is 0. The molecule has 0 aliphatic carbocycles. The van der Waals surface area contributed by atoms with Crippen molar-refractivity contribution in [1.82, 2.24) is 19.7 Å². The van der Waals surface area contributed by atoms with Crippen LogP contribution in [-0.2, 0) is 17.8 Å². The van der Waals surface area contributed by atoms with E-state index in [1.807, 2.05) is 46.1 Å². The predicted molar refractivity (Wildman–Crippen MR) is 89.3 cm³/mol. The number of para-hydroxylation sites is 2. The van der Waals surface area contributed by atoms with Gasteiger partial charge in [0, 0.05) is 31.8 Å². The number of amides is 1. The lowest BCUT2D eigenvalue weighted by Crippen LogP contribution is -2.38. The van der Waals surface area contributed by atoms with Gasteiger partial charge in [-0.1, -0.05) is 12.1 Å². The van der Waals surface area contributed by atoms with Gasteiger partial charge in [-0.05, 0) is 31.0 Å². The highest BCUT2D eigenvalue weighted by atomic mass is 16.3. The molecule has 1 unspecified atom stereocenters. The SMILES string of the molecule is O=C(CCc1nc2ccccc2o1)N1CCCC1Cn1cccn1. The highest BCUT2D eigenvalue weighted by Gasteiger charge is 2.28. The molecule has 1 amide bonds. The fourth-order valence-electron chi connectivity index (χ4n) is 3.36. The van der Waals surface area contributed by atoms with Gasteiger partial charge in [-0.25, -0.2) is 4.98 Å². The number of fused-ring (bicyclic) bond motifs is 1. The molecule has 1 fully saturated rings. The fraction of sp³-hybridized carbons (Fsp3) is 0.389. The van der Waals surface area contributed by atoms with Crippen LogP contribution >= 0.6 is 0 Å². The fourth-order valence-corrected chi connectivity index (χ4v) is 3.36. The summed E-state index contributed by atoms with van der Waals surface area (Å²) in [6.45, 7) is 1.60. The number of oxazole rings is 1. The monoisotopic (exact) mass is 324 g/mol. The van der Waals surface area contributed by atoms with Gasteiger partial charge in [0.15, 0.2) is 11.5 Å². The largest absolute Gasteiger partial charge is 0.441 e. The van der Waals surface area contributed by atoms with E-state index in [-0.39, 0.29) is 11.9 Å². The van der Waals surface area contributed by atoms with E-state index in [4.69, 9.17) is 4.42 Å². The number of rotatable bonds is 5. The number of hydrogen-bond acceptors (Lipinski definition) is 4. The second-order valence-corrected chi connectivity index (χ2v) is 6.19. The smallest absolute Gasteiger partial charge is 0.223 e. The number of likely N-dealkylation sites (tertiary alicyclic amines) is 1. The van der Waals surface area contributed by atoms with Gasteiger partial charge in [0.25, 0.3) is 0 Å². The van der Waals surface area contributed by atoms with Crippen LogP contribution in [0.25, 0.3) is 11.1 Å². The van der Waals surface area contributed by atoms with Crippen LogP contribution in [0.5, 0.6) is 0 Å². The van der Waals surface area contributed by atoms with Crippen LogP contribution in [0.2, 0.25) is 0 Å². The first-order valence-corrected chi connectivity index (χ1v) is 8.41. The Kier molecular flexibility index (Phi) is 4.02. The zero-order valence-corrected chi connectivity index (χ0v) is 13.5. The summed E-state index contributed by atoms with van der Waals surface area (Å²) in [7, 11) is 0. The number of benzene rings is 1. The molecule has 0 radical (unpaired) electrons. The van der Waals surface area contributed by atoms with E-state index in [2.05, 4.69) is 10.1 Å². The van der Waals surface area contributed by atoms with Gasteiger partial charge in [-0.15, -0.1) is 0 Å². The lowest BCUT2D eigenvalue weighted by molar-refractivity contribution is -0.132. The molecule has 3 aromatic rings. The van der Waals surface area contributed by atoms with E-state index in [0.717, 1.165) is 37.0 Å². The number of carbonyl (C=O) groups excluding carboxylic acids is 1. The summed E-state index contributed by atoms with van der Waals surface area (Å²) < 4.78 is 7.60. The molecule has 0 saturated carbocycles. The van der Waals surface area contributed by atoms with E-state index in [9.17, 15) is 4.79 Å². The van der Waals surface area contributed by atoms with Crippen LogP contribution in [0.4, 0.5) is 0 Å². The van der Waals surface area contributed by atoms with Gasteiger partial charge in [-0.2, -0.15) is 5.10 Å². The summed E-state index contributed by atoms with van der Waals surface area (Å²) in [5, 5.41) is 4.25. The Labute approximate surface area is 140 Å². The molecule has 24 heavy (non-hydrogen) atoms. The minimum atomic E-state index is 0.173. The molecule has 3 heterocycles. The molecule has 4 rings (SSSR count). The molecule has 124 valence electrons. The second-order valence-electron chi connectivity index (χ2n) is 6.19. The van der Waals surface area contributed by atoms with Crippen molar-refractivity contribution >= 4 is 17.0 Å². The Hall–Kier alpha value is -2.63. The van der Waals surface area contributed by atoms with Crippen LogP contribution in [0, 0.1) is 0 Å². The lowest BCUT2D eigenvalue weighted by Gasteiger charge is -2.24. The molecule has 0 N–H and O–H groups in total. The van der Waals surface area contributed by atoms with Gasteiger partial charge in [0.2, 0.25) is 5.91 Å². The van der Waals surface area contributed by atoms with Gasteiger partial charge in [-0.3, -0.25) is 9.48 Å². The first-order valence-electron chi connectivity index (χ1n) is 8.41. The van der Waals surface area contributed by atoms with Crippen LogP contribution in [0.3, 0.4) is 0 Å². The van der Waals surface area contributed by atoms with Gasteiger partial charge < -0.3 is 9.32 Å². The third-order valence-corrected chi connectivity index (χ3v) is 4.55. The molecule has 1 atom stereocenters. The summed E-state index contributed by atoms with van der Waals surface area (Å²) in [5.41, 5.74) is 1.62. The van der Waals surface area contributed by atoms with Crippen LogP contribution in [0.1, 0.15) is 25.2 Å².